The number of nitrogens with one attached hydrogen (secondary N) is 2. The van der Waals surface area contributed by atoms with E-state index in [1.165, 1.54) is 5.56 Å². The molecule has 146 valence electrons. The molecule has 1 fully saturated rings. The third-order valence-electron chi connectivity index (χ3n) is 4.31. The van der Waals surface area contributed by atoms with Gasteiger partial charge in [0.05, 0.1) is 25.4 Å². The minimum Gasteiger partial charge on any atom is -0.386 e. The Labute approximate surface area is 157 Å². The minimum atomic E-state index is -0.596. The summed E-state index contributed by atoms with van der Waals surface area (Å²) < 4.78 is 11.2. The molecule has 6 heteroatoms. The van der Waals surface area contributed by atoms with Gasteiger partial charge in [-0.05, 0) is 38.7 Å². The van der Waals surface area contributed by atoms with E-state index >= 15 is 0 Å². The van der Waals surface area contributed by atoms with E-state index in [0.29, 0.717) is 19.8 Å². The van der Waals surface area contributed by atoms with Crippen LogP contribution in [0.4, 0.5) is 0 Å². The van der Waals surface area contributed by atoms with Crippen LogP contribution in [0.2, 0.25) is 0 Å². The first-order valence-electron chi connectivity index (χ1n) is 9.65. The van der Waals surface area contributed by atoms with Crippen molar-refractivity contribution in [2.75, 3.05) is 39.5 Å². The monoisotopic (exact) mass is 363 g/mol. The quantitative estimate of drug-likeness (QED) is 0.337. The summed E-state index contributed by atoms with van der Waals surface area (Å²) in [6.45, 7) is 8.21. The van der Waals surface area contributed by atoms with Gasteiger partial charge in [-0.25, -0.2) is 0 Å². The number of nitrogens with zero attached hydrogens (tertiary/aromatic N) is 1. The van der Waals surface area contributed by atoms with Gasteiger partial charge in [0.15, 0.2) is 5.96 Å². The van der Waals surface area contributed by atoms with Crippen LogP contribution in [0.25, 0.3) is 0 Å². The number of aliphatic hydroxyl groups is 1. The maximum absolute atomic E-state index is 10.3. The van der Waals surface area contributed by atoms with Crippen molar-refractivity contribution < 1.29 is 14.6 Å². The van der Waals surface area contributed by atoms with E-state index in [1.54, 1.807) is 0 Å². The van der Waals surface area contributed by atoms with Crippen LogP contribution in [-0.4, -0.2) is 56.6 Å². The van der Waals surface area contributed by atoms with E-state index in [2.05, 4.69) is 15.6 Å². The van der Waals surface area contributed by atoms with Crippen LogP contribution >= 0.6 is 0 Å². The Bertz CT molecular complexity index is 528. The third-order valence-corrected chi connectivity index (χ3v) is 4.31. The third kappa shape index (κ3) is 7.72. The van der Waals surface area contributed by atoms with Gasteiger partial charge in [0.25, 0.3) is 0 Å². The van der Waals surface area contributed by atoms with Crippen molar-refractivity contribution in [2.45, 2.75) is 45.3 Å². The van der Waals surface area contributed by atoms with Crippen molar-refractivity contribution in [3.05, 3.63) is 35.4 Å². The lowest BCUT2D eigenvalue weighted by Gasteiger charge is -2.14. The zero-order valence-corrected chi connectivity index (χ0v) is 16.0. The highest BCUT2D eigenvalue weighted by Crippen LogP contribution is 2.14. The summed E-state index contributed by atoms with van der Waals surface area (Å²) in [5, 5.41) is 16.8. The number of rotatable bonds is 10. The van der Waals surface area contributed by atoms with Gasteiger partial charge in [-0.3, -0.25) is 4.99 Å². The van der Waals surface area contributed by atoms with Crippen molar-refractivity contribution in [1.82, 2.24) is 10.6 Å². The van der Waals surface area contributed by atoms with Crippen LogP contribution < -0.4 is 10.6 Å². The van der Waals surface area contributed by atoms with E-state index in [-0.39, 0.29) is 6.10 Å². The smallest absolute Gasteiger partial charge is 0.191 e. The molecule has 2 rings (SSSR count). The maximum atomic E-state index is 10.3. The molecule has 0 aromatic heterocycles. The molecule has 26 heavy (non-hydrogen) atoms. The van der Waals surface area contributed by atoms with Gasteiger partial charge in [0.1, 0.15) is 0 Å². The van der Waals surface area contributed by atoms with Gasteiger partial charge in [-0.2, -0.15) is 0 Å². The topological polar surface area (TPSA) is 75.1 Å². The molecule has 1 heterocycles. The van der Waals surface area contributed by atoms with Crippen LogP contribution in [0.3, 0.4) is 0 Å². The fourth-order valence-corrected chi connectivity index (χ4v) is 2.79. The number of hydrogen-bond donors (Lipinski definition) is 3. The first-order valence-corrected chi connectivity index (χ1v) is 9.65. The Balaban J connectivity index is 1.65. The molecule has 0 bridgehead atoms. The summed E-state index contributed by atoms with van der Waals surface area (Å²) in [6, 6.07) is 7.90. The van der Waals surface area contributed by atoms with Crippen molar-refractivity contribution >= 4 is 5.96 Å². The molecule has 2 unspecified atom stereocenters. The average molecular weight is 364 g/mol. The van der Waals surface area contributed by atoms with Gasteiger partial charge in [-0.15, -0.1) is 0 Å². The van der Waals surface area contributed by atoms with Crippen LogP contribution in [0.15, 0.2) is 29.3 Å². The van der Waals surface area contributed by atoms with E-state index in [4.69, 9.17) is 9.47 Å². The lowest BCUT2D eigenvalue weighted by molar-refractivity contribution is 0.0168. The van der Waals surface area contributed by atoms with Crippen molar-refractivity contribution in [2.24, 2.45) is 4.99 Å². The standard InChI is InChI=1S/C20H33N3O3/c1-3-21-20(22-11-5-12-25-15-18-6-4-13-26-18)23-14-19(24)17-9-7-16(2)8-10-17/h7-10,18-19,24H,3-6,11-15H2,1-2H3,(H2,21,22,23). The number of aryl methyl sites for hydroxylation is 1. The molecular weight excluding hydrogens is 330 g/mol. The zero-order chi connectivity index (χ0) is 18.6. The van der Waals surface area contributed by atoms with Crippen molar-refractivity contribution in [3.63, 3.8) is 0 Å². The van der Waals surface area contributed by atoms with Crippen LogP contribution in [0.5, 0.6) is 0 Å². The highest BCUT2D eigenvalue weighted by Gasteiger charge is 2.14. The Kier molecular flexibility index (Phi) is 9.45. The number of ether oxygens (including phenoxy) is 2. The highest BCUT2D eigenvalue weighted by atomic mass is 16.5. The molecule has 6 nitrogen and oxygen atoms in total. The first kappa shape index (κ1) is 20.7. The molecular formula is C20H33N3O3. The number of aliphatic hydroxyl groups excluding tert-OH is 1. The van der Waals surface area contributed by atoms with Crippen LogP contribution in [0.1, 0.15) is 43.4 Å². The van der Waals surface area contributed by atoms with Gasteiger partial charge < -0.3 is 25.2 Å². The minimum absolute atomic E-state index is 0.283. The van der Waals surface area contributed by atoms with Gasteiger partial charge in [0.2, 0.25) is 0 Å². The molecule has 1 saturated heterocycles. The Morgan fingerprint density at radius 2 is 2.15 bits per heavy atom. The first-order chi connectivity index (χ1) is 12.7. The van der Waals surface area contributed by atoms with Gasteiger partial charge >= 0.3 is 0 Å². The molecule has 0 saturated carbocycles. The summed E-state index contributed by atoms with van der Waals surface area (Å²) in [5.74, 6) is 0.720. The molecule has 0 spiro atoms. The second kappa shape index (κ2) is 11.9. The fourth-order valence-electron chi connectivity index (χ4n) is 2.79. The van der Waals surface area contributed by atoms with E-state index in [9.17, 15) is 5.11 Å². The lowest BCUT2D eigenvalue weighted by Crippen LogP contribution is -2.38. The summed E-state index contributed by atoms with van der Waals surface area (Å²) in [7, 11) is 0. The van der Waals surface area contributed by atoms with Gasteiger partial charge in [0, 0.05) is 26.3 Å². The molecule has 0 radical (unpaired) electrons. The molecule has 1 aromatic rings. The zero-order valence-electron chi connectivity index (χ0n) is 16.0. The predicted octanol–water partition coefficient (Wildman–Crippen LogP) is 2.17. The molecule has 0 aliphatic carbocycles. The van der Waals surface area contributed by atoms with Crippen molar-refractivity contribution in [1.29, 1.82) is 0 Å². The molecule has 3 N–H and O–H groups in total. The summed E-state index contributed by atoms with van der Waals surface area (Å²) in [4.78, 5) is 4.48. The molecule has 0 amide bonds. The second-order valence-electron chi connectivity index (χ2n) is 6.64. The second-order valence-corrected chi connectivity index (χ2v) is 6.64. The number of hydrogen-bond acceptors (Lipinski definition) is 4. The average Bonchev–Trinajstić information content (AvgIpc) is 3.16. The molecule has 1 aliphatic rings. The summed E-state index contributed by atoms with van der Waals surface area (Å²) in [6.07, 6.45) is 2.84. The molecule has 1 aliphatic heterocycles. The molecule has 2 atom stereocenters. The summed E-state index contributed by atoms with van der Waals surface area (Å²) >= 11 is 0. The Morgan fingerprint density at radius 1 is 1.35 bits per heavy atom. The highest BCUT2D eigenvalue weighted by molar-refractivity contribution is 5.79. The van der Waals surface area contributed by atoms with Crippen LogP contribution in [0, 0.1) is 6.92 Å². The molecule has 1 aromatic carbocycles. The number of benzene rings is 1. The number of guanidine groups is 1. The predicted molar refractivity (Wildman–Crippen MR) is 105 cm³/mol. The van der Waals surface area contributed by atoms with E-state index in [0.717, 1.165) is 50.5 Å². The van der Waals surface area contributed by atoms with Crippen LogP contribution in [-0.2, 0) is 9.47 Å². The maximum Gasteiger partial charge on any atom is 0.191 e. The Hall–Kier alpha value is -1.63. The van der Waals surface area contributed by atoms with E-state index < -0.39 is 6.10 Å². The fraction of sp³-hybridized carbons (Fsp3) is 0.650. The van der Waals surface area contributed by atoms with Crippen molar-refractivity contribution in [3.8, 4) is 0 Å². The Morgan fingerprint density at radius 3 is 2.85 bits per heavy atom. The van der Waals surface area contributed by atoms with Gasteiger partial charge in [-0.1, -0.05) is 29.8 Å². The summed E-state index contributed by atoms with van der Waals surface area (Å²) in [5.41, 5.74) is 2.07. The SMILES string of the molecule is CCNC(=NCC(O)c1ccc(C)cc1)NCCCOCC1CCCO1. The normalized spacial score (nSPS) is 18.7. The van der Waals surface area contributed by atoms with E-state index in [1.807, 2.05) is 38.1 Å². The lowest BCUT2D eigenvalue weighted by atomic mass is 10.1. The largest absolute Gasteiger partial charge is 0.386 e. The number of aliphatic imine (C=N–C) groups is 1.